The second kappa shape index (κ2) is 7.43. The number of benzene rings is 2. The zero-order valence-corrected chi connectivity index (χ0v) is 18.1. The van der Waals surface area contributed by atoms with E-state index in [2.05, 4.69) is 34.8 Å². The lowest BCUT2D eigenvalue weighted by molar-refractivity contribution is 0.290. The first-order valence-corrected chi connectivity index (χ1v) is 12.1. The summed E-state index contributed by atoms with van der Waals surface area (Å²) < 4.78 is 42.2. The Hall–Kier alpha value is -2.77. The molecule has 1 unspecified atom stereocenters. The van der Waals surface area contributed by atoms with Gasteiger partial charge in [-0.05, 0) is 66.6 Å². The molecule has 1 spiro atoms. The normalized spacial score (nSPS) is 24.3. The maximum Gasteiger partial charge on any atom is 0.234 e. The Morgan fingerprint density at radius 3 is 2.71 bits per heavy atom. The van der Waals surface area contributed by atoms with Crippen LogP contribution >= 0.6 is 0 Å². The number of aromatic nitrogens is 2. The molecular weight excluding hydrogens is 413 g/mol. The third-order valence-electron chi connectivity index (χ3n) is 6.58. The number of fused-ring (bicyclic) bond motifs is 1. The van der Waals surface area contributed by atoms with Gasteiger partial charge in [0.15, 0.2) is 0 Å². The number of hydrogen-bond acceptors (Lipinski definition) is 3. The number of sulfonamides is 1. The van der Waals surface area contributed by atoms with E-state index in [0.717, 1.165) is 42.6 Å². The molecule has 31 heavy (non-hydrogen) atoms. The molecule has 7 heteroatoms. The first-order chi connectivity index (χ1) is 14.9. The molecule has 2 atom stereocenters. The van der Waals surface area contributed by atoms with Crippen molar-refractivity contribution in [2.75, 3.05) is 0 Å². The van der Waals surface area contributed by atoms with Crippen molar-refractivity contribution in [1.82, 2.24) is 14.3 Å². The van der Waals surface area contributed by atoms with E-state index in [9.17, 15) is 12.8 Å². The summed E-state index contributed by atoms with van der Waals surface area (Å²) in [6.07, 6.45) is 8.80. The van der Waals surface area contributed by atoms with Crippen LogP contribution in [0.5, 0.6) is 0 Å². The highest BCUT2D eigenvalue weighted by Gasteiger charge is 2.43. The molecular formula is C24H24FN3O2S. The van der Waals surface area contributed by atoms with Crippen molar-refractivity contribution in [2.24, 2.45) is 5.92 Å². The summed E-state index contributed by atoms with van der Waals surface area (Å²) in [5.41, 5.74) is 4.72. The number of rotatable bonds is 3. The second-order valence-electron chi connectivity index (χ2n) is 8.43. The van der Waals surface area contributed by atoms with Gasteiger partial charge >= 0.3 is 0 Å². The quantitative estimate of drug-likeness (QED) is 0.661. The number of imidazole rings is 1. The fourth-order valence-corrected chi connectivity index (χ4v) is 6.20. The van der Waals surface area contributed by atoms with Crippen molar-refractivity contribution < 1.29 is 12.8 Å². The summed E-state index contributed by atoms with van der Waals surface area (Å²) in [4.78, 5) is 4.55. The van der Waals surface area contributed by atoms with Gasteiger partial charge in [0.2, 0.25) is 10.0 Å². The molecule has 5 rings (SSSR count). The number of nitrogens with zero attached hydrogens (tertiary/aromatic N) is 2. The Kier molecular flexibility index (Phi) is 4.83. The lowest BCUT2D eigenvalue weighted by atomic mass is 9.78. The summed E-state index contributed by atoms with van der Waals surface area (Å²) in [5.74, 6) is -0.0526. The molecule has 5 nitrogen and oxygen atoms in total. The molecule has 0 saturated carbocycles. The van der Waals surface area contributed by atoms with Crippen LogP contribution in [-0.4, -0.2) is 23.5 Å². The third-order valence-corrected chi connectivity index (χ3v) is 7.74. The summed E-state index contributed by atoms with van der Waals surface area (Å²) >= 11 is 0. The first kappa shape index (κ1) is 20.2. The van der Waals surface area contributed by atoms with Crippen LogP contribution in [0, 0.1) is 11.7 Å². The van der Waals surface area contributed by atoms with Crippen molar-refractivity contribution in [3.63, 3.8) is 0 Å². The Bertz CT molecular complexity index is 1260. The molecule has 0 amide bonds. The van der Waals surface area contributed by atoms with Crippen LogP contribution in [0.2, 0.25) is 0 Å². The van der Waals surface area contributed by atoms with Gasteiger partial charge in [0.05, 0.1) is 17.6 Å². The largest absolute Gasteiger partial charge is 0.306 e. The highest BCUT2D eigenvalue weighted by atomic mass is 32.2. The fraction of sp³-hybridized carbons (Fsp3) is 0.292. The average molecular weight is 438 g/mol. The standard InChI is InChI=1S/C24H24FN3O2S/c1-2-20-14-17-3-4-19(13-18(17)9-10-24(20)11-12-31(29,30)27-24)23-15-28(16-26-23)22-7-5-21(25)6-8-22/h3-8,11-13,15-16,20,27H,2,9-10,14H2,1H3/t20?,24-/m1/s1. The van der Waals surface area contributed by atoms with Gasteiger partial charge in [-0.2, -0.15) is 0 Å². The molecule has 0 fully saturated rings. The van der Waals surface area contributed by atoms with E-state index in [4.69, 9.17) is 0 Å². The van der Waals surface area contributed by atoms with Gasteiger partial charge in [-0.1, -0.05) is 31.6 Å². The first-order valence-electron chi connectivity index (χ1n) is 10.5. The number of hydrogen-bond donors (Lipinski definition) is 1. The lowest BCUT2D eigenvalue weighted by Crippen LogP contribution is -2.48. The van der Waals surface area contributed by atoms with Crippen molar-refractivity contribution in [3.8, 4) is 16.9 Å². The van der Waals surface area contributed by atoms with Gasteiger partial charge in [0.1, 0.15) is 5.82 Å². The molecule has 1 N–H and O–H groups in total. The minimum absolute atomic E-state index is 0.214. The van der Waals surface area contributed by atoms with Gasteiger partial charge in [-0.25, -0.2) is 22.5 Å². The van der Waals surface area contributed by atoms with E-state index in [1.807, 2.05) is 16.8 Å². The van der Waals surface area contributed by atoms with Crippen LogP contribution in [0.4, 0.5) is 4.39 Å². The number of aryl methyl sites for hydroxylation is 1. The smallest absolute Gasteiger partial charge is 0.234 e. The van der Waals surface area contributed by atoms with Crippen LogP contribution < -0.4 is 4.72 Å². The molecule has 3 aromatic rings. The van der Waals surface area contributed by atoms with E-state index in [-0.39, 0.29) is 11.7 Å². The summed E-state index contributed by atoms with van der Waals surface area (Å²) in [5, 5.41) is 1.32. The Balaban J connectivity index is 1.44. The molecule has 1 aliphatic heterocycles. The van der Waals surface area contributed by atoms with Gasteiger partial charge in [0.25, 0.3) is 0 Å². The van der Waals surface area contributed by atoms with E-state index in [1.54, 1.807) is 18.5 Å². The van der Waals surface area contributed by atoms with Crippen LogP contribution in [-0.2, 0) is 22.9 Å². The topological polar surface area (TPSA) is 64.0 Å². The molecule has 0 saturated heterocycles. The summed E-state index contributed by atoms with van der Waals surface area (Å²) in [6, 6.07) is 12.7. The van der Waals surface area contributed by atoms with Gasteiger partial charge in [-0.3, -0.25) is 0 Å². The van der Waals surface area contributed by atoms with Crippen molar-refractivity contribution in [3.05, 3.63) is 83.4 Å². The number of halogens is 1. The second-order valence-corrected chi connectivity index (χ2v) is 9.99. The monoisotopic (exact) mass is 437 g/mol. The molecule has 0 radical (unpaired) electrons. The van der Waals surface area contributed by atoms with E-state index < -0.39 is 15.6 Å². The maximum atomic E-state index is 13.2. The lowest BCUT2D eigenvalue weighted by Gasteiger charge is -2.33. The molecule has 2 heterocycles. The van der Waals surface area contributed by atoms with E-state index in [0.29, 0.717) is 0 Å². The summed E-state index contributed by atoms with van der Waals surface area (Å²) in [7, 11) is -3.35. The minimum atomic E-state index is -3.35. The minimum Gasteiger partial charge on any atom is -0.306 e. The predicted octanol–water partition coefficient (Wildman–Crippen LogP) is 4.38. The Morgan fingerprint density at radius 2 is 2.00 bits per heavy atom. The van der Waals surface area contributed by atoms with Crippen molar-refractivity contribution >= 4 is 10.0 Å². The predicted molar refractivity (Wildman–Crippen MR) is 119 cm³/mol. The zero-order valence-electron chi connectivity index (χ0n) is 17.3. The van der Waals surface area contributed by atoms with Crippen LogP contribution in [0.3, 0.4) is 0 Å². The Labute approximate surface area is 181 Å². The average Bonchev–Trinajstić information content (AvgIpc) is 3.32. The molecule has 160 valence electrons. The van der Waals surface area contributed by atoms with Gasteiger partial charge < -0.3 is 4.57 Å². The van der Waals surface area contributed by atoms with E-state index >= 15 is 0 Å². The van der Waals surface area contributed by atoms with Crippen molar-refractivity contribution in [2.45, 2.75) is 38.1 Å². The number of nitrogens with one attached hydrogen (secondary N) is 1. The zero-order chi connectivity index (χ0) is 21.6. The Morgan fingerprint density at radius 1 is 1.19 bits per heavy atom. The van der Waals surface area contributed by atoms with Crippen molar-refractivity contribution in [1.29, 1.82) is 0 Å². The molecule has 2 aromatic carbocycles. The van der Waals surface area contributed by atoms with E-state index in [1.165, 1.54) is 28.7 Å². The van der Waals surface area contributed by atoms with Gasteiger partial charge in [-0.15, -0.1) is 0 Å². The maximum absolute atomic E-state index is 13.2. The summed E-state index contributed by atoms with van der Waals surface area (Å²) in [6.45, 7) is 2.12. The van der Waals surface area contributed by atoms with Gasteiger partial charge in [0, 0.05) is 22.9 Å². The van der Waals surface area contributed by atoms with Crippen LogP contribution in [0.25, 0.3) is 16.9 Å². The highest BCUT2D eigenvalue weighted by molar-refractivity contribution is 7.92. The van der Waals surface area contributed by atoms with Crippen LogP contribution in [0.1, 0.15) is 30.9 Å². The third kappa shape index (κ3) is 3.72. The van der Waals surface area contributed by atoms with Crippen LogP contribution in [0.15, 0.2) is 66.5 Å². The molecule has 1 aliphatic carbocycles. The molecule has 1 aromatic heterocycles. The highest BCUT2D eigenvalue weighted by Crippen LogP contribution is 2.39. The fourth-order valence-electron chi connectivity index (χ4n) is 4.84. The molecule has 0 bridgehead atoms. The molecule has 2 aliphatic rings. The SMILES string of the molecule is CCC1Cc2ccc(-c3cn(-c4ccc(F)cc4)cn3)cc2CC[C@@]12C=CS(=O)(=O)N2.